The van der Waals surface area contributed by atoms with Crippen molar-refractivity contribution in [3.63, 3.8) is 0 Å². The van der Waals surface area contributed by atoms with E-state index in [1.165, 1.54) is 0 Å². The minimum Gasteiger partial charge on any atom is -0.493 e. The normalized spacial score (nSPS) is 11.9. The molecule has 0 bridgehead atoms. The average Bonchev–Trinajstić information content (AvgIpc) is 3.15. The van der Waals surface area contributed by atoms with Crippen molar-refractivity contribution in [2.24, 2.45) is 0 Å². The highest BCUT2D eigenvalue weighted by atomic mass is 16.5. The van der Waals surface area contributed by atoms with E-state index in [4.69, 9.17) is 9.47 Å². The van der Waals surface area contributed by atoms with Crippen molar-refractivity contribution in [3.05, 3.63) is 108 Å². The molecule has 1 N–H and O–H groups in total. The Hall–Kier alpha value is -3.50. The predicted octanol–water partition coefficient (Wildman–Crippen LogP) is 5.69. The van der Waals surface area contributed by atoms with Gasteiger partial charge < -0.3 is 19.1 Å². The van der Waals surface area contributed by atoms with Gasteiger partial charge in [0.05, 0.1) is 13.2 Å². The van der Waals surface area contributed by atoms with E-state index in [2.05, 4.69) is 29.5 Å². The lowest BCUT2D eigenvalue weighted by molar-refractivity contribution is 0.178. The molecular weight excluding hydrogens is 386 g/mol. The van der Waals surface area contributed by atoms with Crippen molar-refractivity contribution >= 4 is 10.9 Å². The summed E-state index contributed by atoms with van der Waals surface area (Å²) in [6, 6.07) is 23.9. The van der Waals surface area contributed by atoms with Gasteiger partial charge in [0.1, 0.15) is 6.61 Å². The molecule has 0 amide bonds. The Kier molecular flexibility index (Phi) is 6.39. The lowest BCUT2D eigenvalue weighted by atomic mass is 10.0. The van der Waals surface area contributed by atoms with Crippen molar-refractivity contribution in [3.8, 4) is 11.5 Å². The smallest absolute Gasteiger partial charge is 0.161 e. The van der Waals surface area contributed by atoms with Crippen LogP contribution in [0.3, 0.4) is 0 Å². The van der Waals surface area contributed by atoms with Crippen LogP contribution in [0.5, 0.6) is 11.5 Å². The number of nitrogens with zero attached hydrogens (tertiary/aromatic N) is 1. The summed E-state index contributed by atoms with van der Waals surface area (Å²) in [5.41, 5.74) is 4.13. The first-order valence-electron chi connectivity index (χ1n) is 10.4. The van der Waals surface area contributed by atoms with Crippen LogP contribution in [0.15, 0.2) is 91.6 Å². The SMILES string of the molecule is C=CCn1cc(CC(O)c2ccc(OCc3ccccc3)c(OC)c2)c2ccccc21. The minimum absolute atomic E-state index is 0.460. The predicted molar refractivity (Wildman–Crippen MR) is 125 cm³/mol. The summed E-state index contributed by atoms with van der Waals surface area (Å²) in [6.45, 7) is 5.04. The second-order valence-electron chi connectivity index (χ2n) is 7.52. The molecule has 3 aromatic carbocycles. The summed E-state index contributed by atoms with van der Waals surface area (Å²) >= 11 is 0. The number of hydrogen-bond donors (Lipinski definition) is 1. The first-order valence-corrected chi connectivity index (χ1v) is 10.4. The lowest BCUT2D eigenvalue weighted by Crippen LogP contribution is -2.03. The van der Waals surface area contributed by atoms with Gasteiger partial charge in [-0.1, -0.05) is 60.7 Å². The Balaban J connectivity index is 1.53. The highest BCUT2D eigenvalue weighted by molar-refractivity contribution is 5.84. The maximum Gasteiger partial charge on any atom is 0.161 e. The summed E-state index contributed by atoms with van der Waals surface area (Å²) < 4.78 is 13.6. The molecule has 1 unspecified atom stereocenters. The fraction of sp³-hybridized carbons (Fsp3) is 0.185. The number of aliphatic hydroxyl groups excluding tert-OH is 1. The molecule has 4 heteroatoms. The fourth-order valence-corrected chi connectivity index (χ4v) is 3.85. The monoisotopic (exact) mass is 413 g/mol. The molecule has 1 aromatic heterocycles. The minimum atomic E-state index is -0.653. The van der Waals surface area contributed by atoms with Crippen molar-refractivity contribution in [2.75, 3.05) is 7.11 Å². The molecule has 4 rings (SSSR count). The Labute approximate surface area is 183 Å². The Morgan fingerprint density at radius 2 is 1.77 bits per heavy atom. The first kappa shape index (κ1) is 20.8. The number of hydrogen-bond acceptors (Lipinski definition) is 3. The van der Waals surface area contributed by atoms with Gasteiger partial charge in [-0.3, -0.25) is 0 Å². The second kappa shape index (κ2) is 9.54. The van der Waals surface area contributed by atoms with Gasteiger partial charge in [-0.2, -0.15) is 0 Å². The zero-order valence-electron chi connectivity index (χ0n) is 17.7. The van der Waals surface area contributed by atoms with Crippen LogP contribution in [-0.4, -0.2) is 16.8 Å². The number of allylic oxidation sites excluding steroid dienone is 1. The van der Waals surface area contributed by atoms with Crippen molar-refractivity contribution in [2.45, 2.75) is 25.7 Å². The summed E-state index contributed by atoms with van der Waals surface area (Å²) in [5.74, 6) is 1.27. The third kappa shape index (κ3) is 4.65. The van der Waals surface area contributed by atoms with Crippen LogP contribution >= 0.6 is 0 Å². The number of aromatic nitrogens is 1. The van der Waals surface area contributed by atoms with E-state index >= 15 is 0 Å². The van der Waals surface area contributed by atoms with E-state index in [-0.39, 0.29) is 0 Å². The van der Waals surface area contributed by atoms with Gasteiger partial charge in [0.25, 0.3) is 0 Å². The van der Waals surface area contributed by atoms with Crippen molar-refractivity contribution in [1.29, 1.82) is 0 Å². The maximum absolute atomic E-state index is 11.0. The first-order chi connectivity index (χ1) is 15.2. The third-order valence-corrected chi connectivity index (χ3v) is 5.42. The topological polar surface area (TPSA) is 43.6 Å². The zero-order valence-corrected chi connectivity index (χ0v) is 17.7. The number of aliphatic hydroxyl groups is 1. The van der Waals surface area contributed by atoms with E-state index in [1.54, 1.807) is 7.11 Å². The van der Waals surface area contributed by atoms with Gasteiger partial charge in [-0.05, 0) is 34.9 Å². The Morgan fingerprint density at radius 1 is 1.00 bits per heavy atom. The van der Waals surface area contributed by atoms with Crippen molar-refractivity contribution in [1.82, 2.24) is 4.57 Å². The molecule has 0 saturated carbocycles. The molecule has 4 nitrogen and oxygen atoms in total. The molecule has 0 spiro atoms. The molecule has 31 heavy (non-hydrogen) atoms. The van der Waals surface area contributed by atoms with E-state index in [0.717, 1.165) is 34.1 Å². The molecule has 0 aliphatic carbocycles. The standard InChI is InChI=1S/C27H27NO3/c1-3-15-28-18-22(23-11-7-8-12-24(23)28)16-25(29)21-13-14-26(27(17-21)30-2)31-19-20-9-5-4-6-10-20/h3-14,17-18,25,29H,1,15-16,19H2,2H3. The summed E-state index contributed by atoms with van der Waals surface area (Å²) in [5, 5.41) is 12.1. The lowest BCUT2D eigenvalue weighted by Gasteiger charge is -2.15. The molecular formula is C27H27NO3. The average molecular weight is 414 g/mol. The Bertz CT molecular complexity index is 1160. The highest BCUT2D eigenvalue weighted by Crippen LogP contribution is 2.33. The number of methoxy groups -OCH3 is 1. The molecule has 0 aliphatic rings. The Morgan fingerprint density at radius 3 is 2.55 bits per heavy atom. The van der Waals surface area contributed by atoms with E-state index in [9.17, 15) is 5.11 Å². The van der Waals surface area contributed by atoms with Crippen LogP contribution in [0, 0.1) is 0 Å². The van der Waals surface area contributed by atoms with Gasteiger partial charge in [0, 0.05) is 30.1 Å². The molecule has 4 aromatic rings. The van der Waals surface area contributed by atoms with Gasteiger partial charge in [-0.15, -0.1) is 6.58 Å². The number of para-hydroxylation sites is 1. The largest absolute Gasteiger partial charge is 0.493 e. The fourth-order valence-electron chi connectivity index (χ4n) is 3.85. The summed E-state index contributed by atoms with van der Waals surface area (Å²) in [4.78, 5) is 0. The van der Waals surface area contributed by atoms with Crippen LogP contribution in [0.1, 0.15) is 22.8 Å². The molecule has 0 radical (unpaired) electrons. The number of benzene rings is 3. The zero-order chi connectivity index (χ0) is 21.6. The van der Waals surface area contributed by atoms with E-state index in [1.807, 2.05) is 66.7 Å². The van der Waals surface area contributed by atoms with Gasteiger partial charge in [0.15, 0.2) is 11.5 Å². The number of ether oxygens (including phenoxy) is 2. The van der Waals surface area contributed by atoms with Gasteiger partial charge >= 0.3 is 0 Å². The van der Waals surface area contributed by atoms with Gasteiger partial charge in [-0.25, -0.2) is 0 Å². The molecule has 0 fully saturated rings. The molecule has 0 saturated heterocycles. The quantitative estimate of drug-likeness (QED) is 0.359. The maximum atomic E-state index is 11.0. The molecule has 1 heterocycles. The third-order valence-electron chi connectivity index (χ3n) is 5.42. The number of rotatable bonds is 9. The van der Waals surface area contributed by atoms with Crippen LogP contribution in [-0.2, 0) is 19.6 Å². The van der Waals surface area contributed by atoms with E-state index in [0.29, 0.717) is 24.5 Å². The van der Waals surface area contributed by atoms with E-state index < -0.39 is 6.10 Å². The summed E-state index contributed by atoms with van der Waals surface area (Å²) in [7, 11) is 1.61. The highest BCUT2D eigenvalue weighted by Gasteiger charge is 2.16. The second-order valence-corrected chi connectivity index (χ2v) is 7.52. The van der Waals surface area contributed by atoms with Gasteiger partial charge in [0.2, 0.25) is 0 Å². The van der Waals surface area contributed by atoms with Crippen LogP contribution in [0.25, 0.3) is 10.9 Å². The van der Waals surface area contributed by atoms with Crippen LogP contribution in [0.2, 0.25) is 0 Å². The van der Waals surface area contributed by atoms with Crippen LogP contribution < -0.4 is 9.47 Å². The molecule has 0 aliphatic heterocycles. The summed E-state index contributed by atoms with van der Waals surface area (Å²) in [6.07, 6.45) is 3.84. The van der Waals surface area contributed by atoms with Crippen molar-refractivity contribution < 1.29 is 14.6 Å². The number of fused-ring (bicyclic) bond motifs is 1. The molecule has 1 atom stereocenters. The molecule has 158 valence electrons. The van der Waals surface area contributed by atoms with Crippen LogP contribution in [0.4, 0.5) is 0 Å².